The van der Waals surface area contributed by atoms with E-state index in [-0.39, 0.29) is 19.9 Å². The largest absolute Gasteiger partial charge is 0.550 e. The standard InChI is InChI=1S/C7H14O2.H2S/c1-2-3-4-5-6-7(8)9;/h2-6H2,1H3,(H,8,9);1H2/p-1. The van der Waals surface area contributed by atoms with Crippen molar-refractivity contribution in [2.24, 2.45) is 0 Å². The first-order valence-electron chi connectivity index (χ1n) is 3.47. The number of carboxylic acids is 1. The summed E-state index contributed by atoms with van der Waals surface area (Å²) >= 11 is 0. The fourth-order valence-electron chi connectivity index (χ4n) is 0.696. The minimum atomic E-state index is -0.925. The van der Waals surface area contributed by atoms with Gasteiger partial charge in [-0.2, -0.15) is 13.5 Å². The summed E-state index contributed by atoms with van der Waals surface area (Å²) < 4.78 is 0. The van der Waals surface area contributed by atoms with Gasteiger partial charge < -0.3 is 9.90 Å². The summed E-state index contributed by atoms with van der Waals surface area (Å²) in [7, 11) is 0. The number of unbranched alkanes of at least 4 members (excludes halogenated alkanes) is 3. The molecular weight excluding hydrogens is 148 g/mol. The van der Waals surface area contributed by atoms with E-state index in [4.69, 9.17) is 0 Å². The van der Waals surface area contributed by atoms with Crippen molar-refractivity contribution in [2.45, 2.75) is 39.0 Å². The molecule has 0 aliphatic carbocycles. The number of hydrogen-bond acceptors (Lipinski definition) is 2. The molecule has 0 aliphatic heterocycles. The van der Waals surface area contributed by atoms with Crippen LogP contribution in [0.4, 0.5) is 0 Å². The van der Waals surface area contributed by atoms with E-state index in [1.165, 1.54) is 0 Å². The highest BCUT2D eigenvalue weighted by Crippen LogP contribution is 2.00. The second kappa shape index (κ2) is 8.82. The quantitative estimate of drug-likeness (QED) is 0.563. The van der Waals surface area contributed by atoms with Crippen LogP contribution >= 0.6 is 13.5 Å². The molecule has 0 amide bonds. The van der Waals surface area contributed by atoms with Crippen LogP contribution in [-0.2, 0) is 4.79 Å². The second-order valence-corrected chi connectivity index (χ2v) is 2.18. The second-order valence-electron chi connectivity index (χ2n) is 2.18. The Labute approximate surface area is 69.1 Å². The van der Waals surface area contributed by atoms with Gasteiger partial charge in [0.05, 0.1) is 0 Å². The van der Waals surface area contributed by atoms with Crippen molar-refractivity contribution in [3.05, 3.63) is 0 Å². The van der Waals surface area contributed by atoms with Gasteiger partial charge in [-0.3, -0.25) is 0 Å². The van der Waals surface area contributed by atoms with Crippen LogP contribution in [-0.4, -0.2) is 5.97 Å². The zero-order valence-electron chi connectivity index (χ0n) is 6.35. The third-order valence-corrected chi connectivity index (χ3v) is 1.23. The molecule has 0 aromatic rings. The van der Waals surface area contributed by atoms with E-state index in [1.54, 1.807) is 0 Å². The van der Waals surface area contributed by atoms with Gasteiger partial charge in [-0.05, 0) is 12.8 Å². The number of carboxylic acid groups (broad SMARTS) is 1. The smallest absolute Gasteiger partial charge is 0.0414 e. The van der Waals surface area contributed by atoms with Crippen LogP contribution in [0.1, 0.15) is 39.0 Å². The third kappa shape index (κ3) is 10.7. The normalized spacial score (nSPS) is 8.50. The Hall–Kier alpha value is -0.180. The van der Waals surface area contributed by atoms with Crippen LogP contribution in [0.15, 0.2) is 0 Å². The zero-order valence-corrected chi connectivity index (χ0v) is 7.35. The lowest BCUT2D eigenvalue weighted by molar-refractivity contribution is -0.305. The van der Waals surface area contributed by atoms with Gasteiger partial charge in [0, 0.05) is 5.97 Å². The van der Waals surface area contributed by atoms with Crippen LogP contribution in [0.3, 0.4) is 0 Å². The van der Waals surface area contributed by atoms with Gasteiger partial charge in [0.2, 0.25) is 0 Å². The predicted molar refractivity (Wildman–Crippen MR) is 44.1 cm³/mol. The van der Waals surface area contributed by atoms with Gasteiger partial charge in [0.25, 0.3) is 0 Å². The number of aliphatic carboxylic acids is 1. The summed E-state index contributed by atoms with van der Waals surface area (Å²) in [5.41, 5.74) is 0. The molecule has 0 heterocycles. The molecule has 0 aromatic carbocycles. The predicted octanol–water partition coefficient (Wildman–Crippen LogP) is 0.819. The molecule has 0 aromatic heterocycles. The van der Waals surface area contributed by atoms with Crippen molar-refractivity contribution in [2.75, 3.05) is 0 Å². The van der Waals surface area contributed by atoms with Crippen molar-refractivity contribution in [3.8, 4) is 0 Å². The molecule has 0 unspecified atom stereocenters. The molecule has 3 heteroatoms. The highest BCUT2D eigenvalue weighted by Gasteiger charge is 1.86. The number of hydrogen-bond donors (Lipinski definition) is 0. The first kappa shape index (κ1) is 12.5. The fraction of sp³-hybridized carbons (Fsp3) is 0.857. The van der Waals surface area contributed by atoms with Crippen LogP contribution in [0.5, 0.6) is 0 Å². The molecule has 0 spiro atoms. The molecule has 62 valence electrons. The van der Waals surface area contributed by atoms with Crippen LogP contribution in [0.25, 0.3) is 0 Å². The average molecular weight is 163 g/mol. The molecule has 0 rings (SSSR count). The van der Waals surface area contributed by atoms with Gasteiger partial charge >= 0.3 is 0 Å². The van der Waals surface area contributed by atoms with Crippen LogP contribution in [0, 0.1) is 0 Å². The molecule has 0 atom stereocenters. The Kier molecular flexibility index (Phi) is 11.0. The zero-order chi connectivity index (χ0) is 7.11. The van der Waals surface area contributed by atoms with Gasteiger partial charge in [0.1, 0.15) is 0 Å². The molecule has 0 radical (unpaired) electrons. The lowest BCUT2D eigenvalue weighted by Gasteiger charge is -1.99. The summed E-state index contributed by atoms with van der Waals surface area (Å²) in [4.78, 5) is 9.85. The van der Waals surface area contributed by atoms with Crippen molar-refractivity contribution < 1.29 is 9.90 Å². The van der Waals surface area contributed by atoms with Gasteiger partial charge in [0.15, 0.2) is 0 Å². The van der Waals surface area contributed by atoms with E-state index in [2.05, 4.69) is 6.92 Å². The minimum absolute atomic E-state index is 0. The summed E-state index contributed by atoms with van der Waals surface area (Å²) in [5.74, 6) is -0.925. The summed E-state index contributed by atoms with van der Waals surface area (Å²) in [6.45, 7) is 2.10. The highest BCUT2D eigenvalue weighted by molar-refractivity contribution is 7.59. The van der Waals surface area contributed by atoms with Gasteiger partial charge in [-0.15, -0.1) is 0 Å². The molecule has 2 nitrogen and oxygen atoms in total. The Balaban J connectivity index is 0. The first-order valence-corrected chi connectivity index (χ1v) is 3.47. The van der Waals surface area contributed by atoms with Crippen LogP contribution in [0.2, 0.25) is 0 Å². The molecule has 0 aliphatic rings. The summed E-state index contributed by atoms with van der Waals surface area (Å²) in [5, 5.41) is 9.85. The van der Waals surface area contributed by atoms with E-state index in [0.29, 0.717) is 0 Å². The molecule has 0 N–H and O–H groups in total. The monoisotopic (exact) mass is 163 g/mol. The topological polar surface area (TPSA) is 40.1 Å². The molecular formula is C7H15O2S-. The van der Waals surface area contributed by atoms with Crippen LogP contribution < -0.4 is 5.11 Å². The third-order valence-electron chi connectivity index (χ3n) is 1.23. The maximum atomic E-state index is 9.85. The van der Waals surface area contributed by atoms with Crippen molar-refractivity contribution >= 4 is 19.5 Å². The average Bonchev–Trinajstić information content (AvgIpc) is 1.80. The first-order chi connectivity index (χ1) is 4.27. The summed E-state index contributed by atoms with van der Waals surface area (Å²) in [6, 6.07) is 0. The molecule has 0 fully saturated rings. The fourth-order valence-corrected chi connectivity index (χ4v) is 0.696. The number of carbonyl (C=O) groups excluding carboxylic acids is 1. The Morgan fingerprint density at radius 3 is 2.30 bits per heavy atom. The molecule has 0 saturated carbocycles. The maximum absolute atomic E-state index is 9.85. The van der Waals surface area contributed by atoms with E-state index in [9.17, 15) is 9.90 Å². The maximum Gasteiger partial charge on any atom is 0.0414 e. The highest BCUT2D eigenvalue weighted by atomic mass is 32.1. The van der Waals surface area contributed by atoms with Crippen molar-refractivity contribution in [3.63, 3.8) is 0 Å². The Morgan fingerprint density at radius 2 is 1.90 bits per heavy atom. The Morgan fingerprint density at radius 1 is 1.30 bits per heavy atom. The van der Waals surface area contributed by atoms with Gasteiger partial charge in [-0.25, -0.2) is 0 Å². The van der Waals surface area contributed by atoms with Crippen molar-refractivity contribution in [1.82, 2.24) is 0 Å². The van der Waals surface area contributed by atoms with Gasteiger partial charge in [-0.1, -0.05) is 26.2 Å². The SMILES string of the molecule is CCCCCCC(=O)[O-].S. The Bertz CT molecular complexity index is 83.7. The number of rotatable bonds is 5. The minimum Gasteiger partial charge on any atom is -0.550 e. The van der Waals surface area contributed by atoms with E-state index >= 15 is 0 Å². The van der Waals surface area contributed by atoms with E-state index in [1.807, 2.05) is 0 Å². The molecule has 0 saturated heterocycles. The summed E-state index contributed by atoms with van der Waals surface area (Å²) in [6.07, 6.45) is 4.29. The van der Waals surface area contributed by atoms with E-state index in [0.717, 1.165) is 25.7 Å². The lowest BCUT2D eigenvalue weighted by atomic mass is 10.2. The lowest BCUT2D eigenvalue weighted by Crippen LogP contribution is -2.21. The van der Waals surface area contributed by atoms with Crippen molar-refractivity contribution in [1.29, 1.82) is 0 Å². The van der Waals surface area contributed by atoms with E-state index < -0.39 is 5.97 Å². The number of carbonyl (C=O) groups is 1. The molecule has 10 heavy (non-hydrogen) atoms. The molecule has 0 bridgehead atoms.